The van der Waals surface area contributed by atoms with Gasteiger partial charge in [-0.2, -0.15) is 0 Å². The normalized spacial score (nSPS) is 23.2. The van der Waals surface area contributed by atoms with Crippen LogP contribution >= 0.6 is 0 Å². The fourth-order valence-corrected chi connectivity index (χ4v) is 0.953. The minimum Gasteiger partial charge on any atom is -0.304 e. The Morgan fingerprint density at radius 3 is 2.75 bits per heavy atom. The van der Waals surface area contributed by atoms with Gasteiger partial charge in [0.25, 0.3) is 0 Å². The molecule has 0 radical (unpaired) electrons. The van der Waals surface area contributed by atoms with Crippen LogP contribution in [-0.4, -0.2) is 6.61 Å². The zero-order valence-electron chi connectivity index (χ0n) is 5.26. The van der Waals surface area contributed by atoms with Crippen molar-refractivity contribution in [1.29, 1.82) is 0 Å². The van der Waals surface area contributed by atoms with Gasteiger partial charge in [-0.15, -0.1) is 0 Å². The predicted molar refractivity (Wildman–Crippen MR) is 32.0 cm³/mol. The van der Waals surface area contributed by atoms with E-state index in [1.54, 1.807) is 0 Å². The summed E-state index contributed by atoms with van der Waals surface area (Å²) in [4.78, 5) is 4.50. The van der Waals surface area contributed by atoms with Crippen LogP contribution in [-0.2, 0) is 4.84 Å². The summed E-state index contributed by atoms with van der Waals surface area (Å²) >= 11 is 0. The van der Waals surface area contributed by atoms with E-state index >= 15 is 0 Å². The van der Waals surface area contributed by atoms with Gasteiger partial charge in [0, 0.05) is 0 Å². The summed E-state index contributed by atoms with van der Waals surface area (Å²) in [6.07, 6.45) is 2.76. The van der Waals surface area contributed by atoms with Gasteiger partial charge in [-0.25, -0.2) is 5.90 Å². The van der Waals surface area contributed by atoms with E-state index in [9.17, 15) is 0 Å². The Morgan fingerprint density at radius 2 is 2.38 bits per heavy atom. The summed E-state index contributed by atoms with van der Waals surface area (Å²) in [5.74, 6) is 6.49. The lowest BCUT2D eigenvalue weighted by atomic mass is 10.1. The molecule has 1 unspecified atom stereocenters. The second-order valence-corrected chi connectivity index (χ2v) is 2.65. The summed E-state index contributed by atoms with van der Waals surface area (Å²) < 4.78 is 0. The van der Waals surface area contributed by atoms with Crippen molar-refractivity contribution in [2.24, 2.45) is 17.7 Å². The van der Waals surface area contributed by atoms with Gasteiger partial charge >= 0.3 is 0 Å². The van der Waals surface area contributed by atoms with Gasteiger partial charge < -0.3 is 4.84 Å². The highest BCUT2D eigenvalue weighted by molar-refractivity contribution is 4.77. The fourth-order valence-electron chi connectivity index (χ4n) is 0.953. The molecule has 0 heterocycles. The van der Waals surface area contributed by atoms with Crippen LogP contribution in [0.25, 0.3) is 0 Å². The summed E-state index contributed by atoms with van der Waals surface area (Å²) in [7, 11) is 0. The Bertz CT molecular complexity index is 70.9. The lowest BCUT2D eigenvalue weighted by molar-refractivity contribution is 0.0998. The molecule has 8 heavy (non-hydrogen) atoms. The molecule has 1 saturated carbocycles. The van der Waals surface area contributed by atoms with Crippen molar-refractivity contribution in [3.63, 3.8) is 0 Å². The van der Waals surface area contributed by atoms with Crippen molar-refractivity contribution in [2.45, 2.75) is 19.8 Å². The second-order valence-electron chi connectivity index (χ2n) is 2.65. The molecule has 0 aliphatic heterocycles. The van der Waals surface area contributed by atoms with Crippen LogP contribution in [0.2, 0.25) is 0 Å². The van der Waals surface area contributed by atoms with Gasteiger partial charge in [-0.3, -0.25) is 0 Å². The first-order valence-electron chi connectivity index (χ1n) is 3.16. The zero-order valence-corrected chi connectivity index (χ0v) is 5.26. The molecular weight excluding hydrogens is 102 g/mol. The van der Waals surface area contributed by atoms with Gasteiger partial charge in [0.2, 0.25) is 0 Å². The Kier molecular flexibility index (Phi) is 1.86. The minimum atomic E-state index is 0.681. The van der Waals surface area contributed by atoms with Crippen LogP contribution in [0.5, 0.6) is 0 Å². The molecule has 1 aliphatic rings. The van der Waals surface area contributed by atoms with Gasteiger partial charge in [0.15, 0.2) is 0 Å². The van der Waals surface area contributed by atoms with Crippen molar-refractivity contribution in [3.8, 4) is 0 Å². The molecule has 1 atom stereocenters. The van der Waals surface area contributed by atoms with E-state index in [2.05, 4.69) is 11.8 Å². The molecule has 2 nitrogen and oxygen atoms in total. The van der Waals surface area contributed by atoms with Gasteiger partial charge in [-0.05, 0) is 24.7 Å². The smallest absolute Gasteiger partial charge is 0.0707 e. The number of hydrogen-bond acceptors (Lipinski definition) is 2. The van der Waals surface area contributed by atoms with Crippen molar-refractivity contribution >= 4 is 0 Å². The molecule has 1 rings (SSSR count). The molecule has 0 saturated heterocycles. The van der Waals surface area contributed by atoms with Crippen LogP contribution in [0, 0.1) is 11.8 Å². The molecule has 1 aliphatic carbocycles. The Morgan fingerprint density at radius 1 is 1.75 bits per heavy atom. The highest BCUT2D eigenvalue weighted by Crippen LogP contribution is 2.36. The molecule has 2 N–H and O–H groups in total. The van der Waals surface area contributed by atoms with Crippen LogP contribution in [0.3, 0.4) is 0 Å². The van der Waals surface area contributed by atoms with E-state index in [1.165, 1.54) is 12.8 Å². The van der Waals surface area contributed by atoms with E-state index in [1.807, 2.05) is 0 Å². The number of rotatable bonds is 3. The summed E-state index contributed by atoms with van der Waals surface area (Å²) in [6, 6.07) is 0. The predicted octanol–water partition coefficient (Wildman–Crippen LogP) is 0.923. The molecule has 0 amide bonds. The molecule has 48 valence electrons. The van der Waals surface area contributed by atoms with E-state index in [-0.39, 0.29) is 0 Å². The molecule has 0 spiro atoms. The van der Waals surface area contributed by atoms with Crippen molar-refractivity contribution in [1.82, 2.24) is 0 Å². The molecular formula is C6H13NO. The SMILES string of the molecule is CC(CON)C1CC1. The number of hydrogen-bond donors (Lipinski definition) is 1. The van der Waals surface area contributed by atoms with Crippen LogP contribution in [0.1, 0.15) is 19.8 Å². The van der Waals surface area contributed by atoms with Gasteiger partial charge in [0.05, 0.1) is 6.61 Å². The first kappa shape index (κ1) is 6.05. The quantitative estimate of drug-likeness (QED) is 0.555. The molecule has 1 fully saturated rings. The maximum Gasteiger partial charge on any atom is 0.0707 e. The Hall–Kier alpha value is -0.0800. The van der Waals surface area contributed by atoms with Crippen molar-refractivity contribution < 1.29 is 4.84 Å². The Balaban J connectivity index is 2.03. The average Bonchev–Trinajstić information content (AvgIpc) is 2.45. The van der Waals surface area contributed by atoms with Gasteiger partial charge in [-0.1, -0.05) is 6.92 Å². The topological polar surface area (TPSA) is 35.2 Å². The molecule has 0 aromatic carbocycles. The highest BCUT2D eigenvalue weighted by Gasteiger charge is 2.27. The third-order valence-electron chi connectivity index (χ3n) is 1.79. The van der Waals surface area contributed by atoms with E-state index in [4.69, 9.17) is 5.90 Å². The van der Waals surface area contributed by atoms with Crippen molar-refractivity contribution in [3.05, 3.63) is 0 Å². The molecule has 0 bridgehead atoms. The zero-order chi connectivity index (χ0) is 5.98. The maximum atomic E-state index is 4.89. The van der Waals surface area contributed by atoms with E-state index < -0.39 is 0 Å². The molecule has 0 aromatic heterocycles. The minimum absolute atomic E-state index is 0.681. The summed E-state index contributed by atoms with van der Waals surface area (Å²) in [5, 5.41) is 0. The highest BCUT2D eigenvalue weighted by atomic mass is 16.6. The third kappa shape index (κ3) is 1.46. The van der Waals surface area contributed by atoms with E-state index in [0.717, 1.165) is 12.5 Å². The third-order valence-corrected chi connectivity index (χ3v) is 1.79. The first-order chi connectivity index (χ1) is 3.84. The van der Waals surface area contributed by atoms with Crippen LogP contribution in [0.15, 0.2) is 0 Å². The van der Waals surface area contributed by atoms with Crippen LogP contribution in [0.4, 0.5) is 0 Å². The maximum absolute atomic E-state index is 4.89. The monoisotopic (exact) mass is 115 g/mol. The van der Waals surface area contributed by atoms with Crippen molar-refractivity contribution in [2.75, 3.05) is 6.61 Å². The summed E-state index contributed by atoms with van der Waals surface area (Å²) in [6.45, 7) is 2.91. The fraction of sp³-hybridized carbons (Fsp3) is 1.00. The molecule has 2 heteroatoms. The standard InChI is InChI=1S/C6H13NO/c1-5(4-8-7)6-2-3-6/h5-6H,2-4,7H2,1H3. The van der Waals surface area contributed by atoms with Crippen LogP contribution < -0.4 is 5.90 Å². The number of nitrogens with two attached hydrogens (primary N) is 1. The average molecular weight is 115 g/mol. The van der Waals surface area contributed by atoms with E-state index in [0.29, 0.717) is 5.92 Å². The summed E-state index contributed by atoms with van der Waals surface area (Å²) in [5.41, 5.74) is 0. The lowest BCUT2D eigenvalue weighted by Crippen LogP contribution is -2.11. The first-order valence-corrected chi connectivity index (χ1v) is 3.16. The largest absolute Gasteiger partial charge is 0.304 e. The lowest BCUT2D eigenvalue weighted by Gasteiger charge is -2.04. The Labute approximate surface area is 50.0 Å². The second kappa shape index (κ2) is 2.46. The molecule has 0 aromatic rings. The van der Waals surface area contributed by atoms with Gasteiger partial charge in [0.1, 0.15) is 0 Å².